The molecular weight excluding hydrogens is 306 g/mol. The smallest absolute Gasteiger partial charge is 0.276 e. The molecule has 0 aliphatic carbocycles. The lowest BCUT2D eigenvalue weighted by atomic mass is 10.1. The highest BCUT2D eigenvalue weighted by Gasteiger charge is 2.33. The molecule has 0 spiro atoms. The lowest BCUT2D eigenvalue weighted by Crippen LogP contribution is -2.45. The molecule has 126 valence electrons. The van der Waals surface area contributed by atoms with Gasteiger partial charge in [-0.2, -0.15) is 15.4 Å². The maximum atomic E-state index is 12.9. The van der Waals surface area contributed by atoms with Gasteiger partial charge in [0, 0.05) is 37.8 Å². The number of carbonyl (C=O) groups excluding carboxylic acids is 1. The average Bonchev–Trinajstić information content (AvgIpc) is 3.32. The summed E-state index contributed by atoms with van der Waals surface area (Å²) in [6.07, 6.45) is 1.00. The number of hydrogen-bond acceptors (Lipinski definition) is 5. The van der Waals surface area contributed by atoms with Crippen LogP contribution >= 0.6 is 0 Å². The summed E-state index contributed by atoms with van der Waals surface area (Å²) in [5, 5.41) is 10.9. The Balaban J connectivity index is 1.48. The molecule has 7 nitrogen and oxygen atoms in total. The highest BCUT2D eigenvalue weighted by Crippen LogP contribution is 2.23. The molecule has 1 aromatic carbocycles. The first-order valence-corrected chi connectivity index (χ1v) is 8.40. The van der Waals surface area contributed by atoms with Crippen LogP contribution in [0.2, 0.25) is 0 Å². The van der Waals surface area contributed by atoms with Crippen molar-refractivity contribution in [2.24, 2.45) is 0 Å². The predicted octanol–water partition coefficient (Wildman–Crippen LogP) is 1.02. The number of morpholine rings is 1. The molecule has 2 aromatic rings. The van der Waals surface area contributed by atoms with Gasteiger partial charge in [-0.15, -0.1) is 0 Å². The van der Waals surface area contributed by atoms with E-state index in [2.05, 4.69) is 20.3 Å². The number of carbonyl (C=O) groups is 1. The van der Waals surface area contributed by atoms with Crippen molar-refractivity contribution in [2.75, 3.05) is 39.4 Å². The normalized spacial score (nSPS) is 22.0. The van der Waals surface area contributed by atoms with Gasteiger partial charge in [0.15, 0.2) is 5.69 Å². The Bertz CT molecular complexity index is 696. The van der Waals surface area contributed by atoms with E-state index in [0.717, 1.165) is 51.4 Å². The maximum Gasteiger partial charge on any atom is 0.276 e. The maximum absolute atomic E-state index is 12.9. The Morgan fingerprint density at radius 2 is 1.92 bits per heavy atom. The van der Waals surface area contributed by atoms with Gasteiger partial charge in [-0.25, -0.2) is 0 Å². The van der Waals surface area contributed by atoms with E-state index in [1.165, 1.54) is 0 Å². The topological polar surface area (TPSA) is 74.4 Å². The van der Waals surface area contributed by atoms with Crippen LogP contribution in [0, 0.1) is 0 Å². The monoisotopic (exact) mass is 327 g/mol. The molecule has 1 atom stereocenters. The molecular formula is C17H21N5O2. The second-order valence-corrected chi connectivity index (χ2v) is 6.23. The fourth-order valence-corrected chi connectivity index (χ4v) is 3.49. The predicted molar refractivity (Wildman–Crippen MR) is 88.5 cm³/mol. The van der Waals surface area contributed by atoms with Gasteiger partial charge < -0.3 is 9.64 Å². The van der Waals surface area contributed by atoms with Crippen LogP contribution in [0.15, 0.2) is 30.3 Å². The number of aromatic nitrogens is 3. The summed E-state index contributed by atoms with van der Waals surface area (Å²) in [6.45, 7) is 4.98. The zero-order valence-corrected chi connectivity index (χ0v) is 13.5. The van der Waals surface area contributed by atoms with Crippen molar-refractivity contribution < 1.29 is 9.53 Å². The van der Waals surface area contributed by atoms with Crippen molar-refractivity contribution in [3.05, 3.63) is 36.0 Å². The molecule has 1 amide bonds. The van der Waals surface area contributed by atoms with E-state index in [4.69, 9.17) is 4.74 Å². The zero-order chi connectivity index (χ0) is 16.4. The molecule has 2 aliphatic heterocycles. The van der Waals surface area contributed by atoms with Gasteiger partial charge in [0.05, 0.1) is 13.2 Å². The molecule has 1 unspecified atom stereocenters. The van der Waals surface area contributed by atoms with Crippen LogP contribution < -0.4 is 0 Å². The molecule has 1 aromatic heterocycles. The first-order valence-electron chi connectivity index (χ1n) is 8.40. The average molecular weight is 327 g/mol. The zero-order valence-electron chi connectivity index (χ0n) is 13.5. The molecule has 2 fully saturated rings. The van der Waals surface area contributed by atoms with E-state index < -0.39 is 0 Å². The van der Waals surface area contributed by atoms with Gasteiger partial charge in [0.1, 0.15) is 5.69 Å². The molecule has 4 rings (SSSR count). The molecule has 7 heteroatoms. The minimum atomic E-state index is -0.0432. The van der Waals surface area contributed by atoms with Crippen molar-refractivity contribution in [1.29, 1.82) is 0 Å². The van der Waals surface area contributed by atoms with Gasteiger partial charge in [0.2, 0.25) is 0 Å². The summed E-state index contributed by atoms with van der Waals surface area (Å²) < 4.78 is 5.41. The van der Waals surface area contributed by atoms with Gasteiger partial charge >= 0.3 is 0 Å². The largest absolute Gasteiger partial charge is 0.379 e. The van der Waals surface area contributed by atoms with Gasteiger partial charge in [0.25, 0.3) is 5.91 Å². The van der Waals surface area contributed by atoms with Crippen LogP contribution in [0.4, 0.5) is 0 Å². The van der Waals surface area contributed by atoms with E-state index in [0.29, 0.717) is 17.4 Å². The number of H-pyrrole nitrogens is 1. The van der Waals surface area contributed by atoms with E-state index in [9.17, 15) is 4.79 Å². The quantitative estimate of drug-likeness (QED) is 0.911. The molecule has 3 heterocycles. The van der Waals surface area contributed by atoms with Gasteiger partial charge in [-0.3, -0.25) is 9.69 Å². The minimum Gasteiger partial charge on any atom is -0.379 e. The summed E-state index contributed by atoms with van der Waals surface area (Å²) in [7, 11) is 0. The number of amides is 1. The van der Waals surface area contributed by atoms with Crippen molar-refractivity contribution in [1.82, 2.24) is 25.2 Å². The number of nitrogens with one attached hydrogen (secondary N) is 1. The lowest BCUT2D eigenvalue weighted by Gasteiger charge is -2.32. The van der Waals surface area contributed by atoms with Crippen LogP contribution in [0.25, 0.3) is 11.3 Å². The highest BCUT2D eigenvalue weighted by atomic mass is 16.5. The van der Waals surface area contributed by atoms with E-state index in [-0.39, 0.29) is 5.91 Å². The Morgan fingerprint density at radius 1 is 1.12 bits per heavy atom. The molecule has 1 N–H and O–H groups in total. The van der Waals surface area contributed by atoms with Gasteiger partial charge in [-0.1, -0.05) is 30.3 Å². The Kier molecular flexibility index (Phi) is 4.27. The van der Waals surface area contributed by atoms with Crippen LogP contribution in [0.3, 0.4) is 0 Å². The molecule has 0 saturated carbocycles. The first-order chi connectivity index (χ1) is 11.8. The fraction of sp³-hybridized carbons (Fsp3) is 0.471. The molecule has 2 saturated heterocycles. The number of hydrogen-bond donors (Lipinski definition) is 1. The summed E-state index contributed by atoms with van der Waals surface area (Å²) in [4.78, 5) is 17.2. The lowest BCUT2D eigenvalue weighted by molar-refractivity contribution is 0.0185. The number of aromatic amines is 1. The molecule has 0 bridgehead atoms. The Morgan fingerprint density at radius 3 is 2.71 bits per heavy atom. The summed E-state index contributed by atoms with van der Waals surface area (Å²) >= 11 is 0. The Hall–Kier alpha value is -2.25. The fourth-order valence-electron chi connectivity index (χ4n) is 3.49. The third-order valence-corrected chi connectivity index (χ3v) is 4.81. The number of benzene rings is 1. The highest BCUT2D eigenvalue weighted by molar-refractivity contribution is 5.98. The number of rotatable bonds is 3. The summed E-state index contributed by atoms with van der Waals surface area (Å²) in [5.74, 6) is -0.0432. The summed E-state index contributed by atoms with van der Waals surface area (Å²) in [6, 6.07) is 10.1. The Labute approximate surface area is 140 Å². The number of nitrogens with zero attached hydrogens (tertiary/aromatic N) is 4. The van der Waals surface area contributed by atoms with Gasteiger partial charge in [-0.05, 0) is 6.42 Å². The van der Waals surface area contributed by atoms with E-state index >= 15 is 0 Å². The SMILES string of the molecule is O=C(c1n[nH]nc1-c1ccccc1)N1CCC(N2CCOCC2)C1. The third-order valence-electron chi connectivity index (χ3n) is 4.81. The van der Waals surface area contributed by atoms with E-state index in [1.54, 1.807) is 0 Å². The van der Waals surface area contributed by atoms with Crippen molar-refractivity contribution in [3.8, 4) is 11.3 Å². The van der Waals surface area contributed by atoms with Crippen LogP contribution in [-0.4, -0.2) is 76.6 Å². The summed E-state index contributed by atoms with van der Waals surface area (Å²) in [5.41, 5.74) is 1.93. The molecule has 0 radical (unpaired) electrons. The van der Waals surface area contributed by atoms with Crippen LogP contribution in [0.5, 0.6) is 0 Å². The van der Waals surface area contributed by atoms with Crippen molar-refractivity contribution in [2.45, 2.75) is 12.5 Å². The van der Waals surface area contributed by atoms with E-state index in [1.807, 2.05) is 35.2 Å². The molecule has 24 heavy (non-hydrogen) atoms. The van der Waals surface area contributed by atoms with Crippen molar-refractivity contribution >= 4 is 5.91 Å². The van der Waals surface area contributed by atoms with Crippen LogP contribution in [-0.2, 0) is 4.74 Å². The number of likely N-dealkylation sites (tertiary alicyclic amines) is 1. The first kappa shape index (κ1) is 15.3. The second-order valence-electron chi connectivity index (χ2n) is 6.23. The molecule has 2 aliphatic rings. The third kappa shape index (κ3) is 2.92. The standard InChI is InChI=1S/C17H21N5O2/c23-17(16-15(18-20-19-16)13-4-2-1-3-5-13)22-7-6-14(12-22)21-8-10-24-11-9-21/h1-5,14H,6-12H2,(H,18,19,20). The second kappa shape index (κ2) is 6.70. The van der Waals surface area contributed by atoms with Crippen molar-refractivity contribution in [3.63, 3.8) is 0 Å². The van der Waals surface area contributed by atoms with Crippen LogP contribution in [0.1, 0.15) is 16.9 Å². The minimum absolute atomic E-state index is 0.0432. The number of ether oxygens (including phenoxy) is 1.